The van der Waals surface area contributed by atoms with Gasteiger partial charge in [0.25, 0.3) is 11.8 Å². The SMILES string of the molecule is O=C(c1c(F)c(F)c(F)c(C(=O)N2CCCCC2)c1F)N1CCCCC1. The molecule has 1 aromatic rings. The second-order valence-electron chi connectivity index (χ2n) is 6.71. The van der Waals surface area contributed by atoms with Crippen molar-refractivity contribution in [2.45, 2.75) is 38.5 Å². The Bertz CT molecular complexity index is 669. The van der Waals surface area contributed by atoms with Gasteiger partial charge in [-0.05, 0) is 38.5 Å². The van der Waals surface area contributed by atoms with Crippen molar-refractivity contribution in [3.63, 3.8) is 0 Å². The van der Waals surface area contributed by atoms with Gasteiger partial charge in [0.2, 0.25) is 0 Å². The molecular formula is C18H20F4N2O2. The lowest BCUT2D eigenvalue weighted by Gasteiger charge is -2.29. The first-order chi connectivity index (χ1) is 12.4. The fourth-order valence-electron chi connectivity index (χ4n) is 3.52. The fraction of sp³-hybridized carbons (Fsp3) is 0.556. The molecule has 2 heterocycles. The maximum Gasteiger partial charge on any atom is 0.259 e. The Balaban J connectivity index is 2.03. The molecule has 4 nitrogen and oxygen atoms in total. The first-order valence-electron chi connectivity index (χ1n) is 8.88. The molecule has 2 aliphatic heterocycles. The van der Waals surface area contributed by atoms with E-state index in [1.54, 1.807) is 0 Å². The van der Waals surface area contributed by atoms with Gasteiger partial charge in [0.05, 0.1) is 0 Å². The van der Waals surface area contributed by atoms with Gasteiger partial charge in [0, 0.05) is 26.2 Å². The van der Waals surface area contributed by atoms with E-state index in [1.165, 1.54) is 9.80 Å². The molecule has 26 heavy (non-hydrogen) atoms. The van der Waals surface area contributed by atoms with Crippen LogP contribution < -0.4 is 0 Å². The molecule has 0 aliphatic carbocycles. The molecule has 8 heteroatoms. The molecule has 142 valence electrons. The summed E-state index contributed by atoms with van der Waals surface area (Å²) in [6.07, 6.45) is 4.42. The Morgan fingerprint density at radius 2 is 0.885 bits per heavy atom. The number of rotatable bonds is 2. The van der Waals surface area contributed by atoms with Crippen molar-refractivity contribution in [3.8, 4) is 0 Å². The number of carbonyl (C=O) groups is 2. The summed E-state index contributed by atoms with van der Waals surface area (Å²) in [6.45, 7) is 1.14. The van der Waals surface area contributed by atoms with Crippen molar-refractivity contribution in [2.75, 3.05) is 26.2 Å². The summed E-state index contributed by atoms with van der Waals surface area (Å²) >= 11 is 0. The smallest absolute Gasteiger partial charge is 0.259 e. The van der Waals surface area contributed by atoms with Gasteiger partial charge in [-0.15, -0.1) is 0 Å². The van der Waals surface area contributed by atoms with Gasteiger partial charge in [0.1, 0.15) is 11.1 Å². The number of hydrogen-bond acceptors (Lipinski definition) is 2. The van der Waals surface area contributed by atoms with Crippen LogP contribution in [0.3, 0.4) is 0 Å². The van der Waals surface area contributed by atoms with Crippen LogP contribution in [0.2, 0.25) is 0 Å². The topological polar surface area (TPSA) is 40.6 Å². The molecule has 0 saturated carbocycles. The van der Waals surface area contributed by atoms with Crippen molar-refractivity contribution < 1.29 is 27.2 Å². The van der Waals surface area contributed by atoms with Crippen molar-refractivity contribution in [1.29, 1.82) is 0 Å². The van der Waals surface area contributed by atoms with Crippen LogP contribution >= 0.6 is 0 Å². The zero-order valence-corrected chi connectivity index (χ0v) is 14.3. The van der Waals surface area contributed by atoms with Gasteiger partial charge in [-0.25, -0.2) is 17.6 Å². The van der Waals surface area contributed by atoms with Crippen LogP contribution in [0, 0.1) is 23.3 Å². The molecule has 0 radical (unpaired) electrons. The summed E-state index contributed by atoms with van der Waals surface area (Å²) in [6, 6.07) is 0. The van der Waals surface area contributed by atoms with Gasteiger partial charge in [-0.3, -0.25) is 9.59 Å². The zero-order chi connectivity index (χ0) is 18.8. The van der Waals surface area contributed by atoms with E-state index in [-0.39, 0.29) is 26.2 Å². The molecule has 2 amide bonds. The van der Waals surface area contributed by atoms with Crippen molar-refractivity contribution in [2.24, 2.45) is 0 Å². The zero-order valence-electron chi connectivity index (χ0n) is 14.3. The average molecular weight is 372 g/mol. The maximum atomic E-state index is 14.8. The van der Waals surface area contributed by atoms with Crippen LogP contribution in [0.4, 0.5) is 17.6 Å². The molecule has 2 fully saturated rings. The molecule has 0 spiro atoms. The van der Waals surface area contributed by atoms with E-state index in [1.807, 2.05) is 0 Å². The number of amides is 2. The van der Waals surface area contributed by atoms with Crippen LogP contribution in [0.25, 0.3) is 0 Å². The molecule has 3 rings (SSSR count). The van der Waals surface area contributed by atoms with Crippen LogP contribution in [-0.2, 0) is 0 Å². The van der Waals surface area contributed by atoms with Crippen LogP contribution in [0.15, 0.2) is 0 Å². The molecular weight excluding hydrogens is 352 g/mol. The Morgan fingerprint density at radius 3 is 1.23 bits per heavy atom. The molecule has 0 bridgehead atoms. The summed E-state index contributed by atoms with van der Waals surface area (Å²) in [5.41, 5.74) is -2.38. The van der Waals surface area contributed by atoms with Gasteiger partial charge in [-0.2, -0.15) is 0 Å². The van der Waals surface area contributed by atoms with E-state index in [4.69, 9.17) is 0 Å². The normalized spacial score (nSPS) is 18.2. The number of nitrogens with zero attached hydrogens (tertiary/aromatic N) is 2. The summed E-state index contributed by atoms with van der Waals surface area (Å²) in [5.74, 6) is -9.48. The van der Waals surface area contributed by atoms with Crippen molar-refractivity contribution >= 4 is 11.8 Å². The molecule has 0 N–H and O–H groups in total. The molecule has 0 unspecified atom stereocenters. The highest BCUT2D eigenvalue weighted by atomic mass is 19.2. The third-order valence-electron chi connectivity index (χ3n) is 4.98. The first-order valence-corrected chi connectivity index (χ1v) is 8.88. The minimum Gasteiger partial charge on any atom is -0.338 e. The highest BCUT2D eigenvalue weighted by Crippen LogP contribution is 2.28. The molecule has 0 aromatic heterocycles. The predicted octanol–water partition coefficient (Wildman–Crippen LogP) is 3.50. The van der Waals surface area contributed by atoms with E-state index in [0.29, 0.717) is 25.7 Å². The average Bonchev–Trinajstić information content (AvgIpc) is 2.67. The van der Waals surface area contributed by atoms with E-state index in [0.717, 1.165) is 12.8 Å². The van der Waals surface area contributed by atoms with Gasteiger partial charge >= 0.3 is 0 Å². The molecule has 1 aromatic carbocycles. The molecule has 2 saturated heterocycles. The standard InChI is InChI=1S/C18H20F4N2O2/c19-13-11(17(25)23-7-3-1-4-8-23)14(20)16(22)15(21)12(13)18(26)24-9-5-2-6-10-24/h1-10H2. The number of benzene rings is 1. The number of hydrogen-bond donors (Lipinski definition) is 0. The summed E-state index contributed by atoms with van der Waals surface area (Å²) in [5, 5.41) is 0. The van der Waals surface area contributed by atoms with Crippen LogP contribution in [0.1, 0.15) is 59.2 Å². The van der Waals surface area contributed by atoms with Crippen molar-refractivity contribution in [1.82, 2.24) is 9.80 Å². The number of halogens is 4. The highest BCUT2D eigenvalue weighted by Gasteiger charge is 2.36. The van der Waals surface area contributed by atoms with Crippen molar-refractivity contribution in [3.05, 3.63) is 34.4 Å². The van der Waals surface area contributed by atoms with Crippen LogP contribution in [-0.4, -0.2) is 47.8 Å². The lowest BCUT2D eigenvalue weighted by molar-refractivity contribution is 0.0703. The number of likely N-dealkylation sites (tertiary alicyclic amines) is 2. The van der Waals surface area contributed by atoms with Gasteiger partial charge < -0.3 is 9.80 Å². The van der Waals surface area contributed by atoms with E-state index >= 15 is 0 Å². The predicted molar refractivity (Wildman–Crippen MR) is 85.8 cm³/mol. The Hall–Kier alpha value is -2.12. The Morgan fingerprint density at radius 1 is 0.538 bits per heavy atom. The van der Waals surface area contributed by atoms with E-state index in [2.05, 4.69) is 0 Å². The second-order valence-corrected chi connectivity index (χ2v) is 6.71. The summed E-state index contributed by atoms with van der Waals surface area (Å²) in [7, 11) is 0. The molecule has 0 atom stereocenters. The summed E-state index contributed by atoms with van der Waals surface area (Å²) < 4.78 is 57.2. The minimum absolute atomic E-state index is 0.284. The maximum absolute atomic E-state index is 14.8. The third-order valence-corrected chi connectivity index (χ3v) is 4.98. The fourth-order valence-corrected chi connectivity index (χ4v) is 3.52. The monoisotopic (exact) mass is 372 g/mol. The lowest BCUT2D eigenvalue weighted by atomic mass is 10.0. The Kier molecular flexibility index (Phi) is 5.48. The second kappa shape index (κ2) is 7.63. The van der Waals surface area contributed by atoms with Gasteiger partial charge in [-0.1, -0.05) is 0 Å². The Labute approximate surface area is 148 Å². The third kappa shape index (κ3) is 3.29. The largest absolute Gasteiger partial charge is 0.338 e. The molecule has 2 aliphatic rings. The number of piperidine rings is 2. The lowest BCUT2D eigenvalue weighted by Crippen LogP contribution is -2.39. The highest BCUT2D eigenvalue weighted by molar-refractivity contribution is 6.00. The van der Waals surface area contributed by atoms with Gasteiger partial charge in [0.15, 0.2) is 23.3 Å². The minimum atomic E-state index is -1.99. The quantitative estimate of drug-likeness (QED) is 0.453. The summed E-state index contributed by atoms with van der Waals surface area (Å²) in [4.78, 5) is 27.4. The first kappa shape index (κ1) is 18.7. The number of carbonyl (C=O) groups excluding carboxylic acids is 2. The van der Waals surface area contributed by atoms with E-state index < -0.39 is 46.2 Å². The van der Waals surface area contributed by atoms with E-state index in [9.17, 15) is 27.2 Å². The van der Waals surface area contributed by atoms with Crippen LogP contribution in [0.5, 0.6) is 0 Å².